The molecule has 0 N–H and O–H groups in total. The van der Waals surface area contributed by atoms with Gasteiger partial charge in [-0.25, -0.2) is 0 Å². The molecule has 0 atom stereocenters. The van der Waals surface area contributed by atoms with Crippen molar-refractivity contribution < 1.29 is 9.53 Å². The van der Waals surface area contributed by atoms with E-state index in [-0.39, 0.29) is 0 Å². The summed E-state index contributed by atoms with van der Waals surface area (Å²) in [6.45, 7) is 1.56. The minimum Gasteiger partial charge on any atom is -0.381 e. The lowest BCUT2D eigenvalue weighted by atomic mass is 9.96. The molecular weight excluding hydrogens is 220 g/mol. The Morgan fingerprint density at radius 2 is 1.75 bits per heavy atom. The maximum Gasteiger partial charge on any atom is 0.145 e. The predicted molar refractivity (Wildman–Crippen MR) is 67.9 cm³/mol. The van der Waals surface area contributed by atoms with E-state index in [0.717, 1.165) is 37.1 Å². The van der Waals surface area contributed by atoms with Crippen molar-refractivity contribution in [2.24, 2.45) is 5.92 Å². The highest BCUT2D eigenvalue weighted by Crippen LogP contribution is 2.29. The van der Waals surface area contributed by atoms with Gasteiger partial charge in [-0.15, -0.1) is 0 Å². The van der Waals surface area contributed by atoms with E-state index in [1.165, 1.54) is 32.1 Å². The van der Waals surface area contributed by atoms with Crippen LogP contribution in [0.25, 0.3) is 0 Å². The molecule has 0 unspecified atom stereocenters. The Balaban J connectivity index is 1.65. The molecule has 1 aliphatic heterocycles. The van der Waals surface area contributed by atoms with Crippen LogP contribution >= 0.6 is 11.8 Å². The summed E-state index contributed by atoms with van der Waals surface area (Å²) in [5, 5.41) is 0.762. The van der Waals surface area contributed by atoms with Crippen LogP contribution in [0.15, 0.2) is 0 Å². The number of hydrogen-bond acceptors (Lipinski definition) is 3. The van der Waals surface area contributed by atoms with Gasteiger partial charge in [-0.1, -0.05) is 19.3 Å². The monoisotopic (exact) mass is 242 g/mol. The van der Waals surface area contributed by atoms with Crippen molar-refractivity contribution >= 4 is 17.5 Å². The summed E-state index contributed by atoms with van der Waals surface area (Å²) < 4.78 is 5.29. The van der Waals surface area contributed by atoms with Gasteiger partial charge in [0.05, 0.1) is 5.75 Å². The summed E-state index contributed by atoms with van der Waals surface area (Å²) in [5.74, 6) is 1.51. The number of hydrogen-bond donors (Lipinski definition) is 0. The standard InChI is InChI=1S/C13H22O2S/c14-13(11-6-8-15-9-7-11)10-16-12-4-2-1-3-5-12/h11-12H,1-10H2. The molecule has 2 aliphatic rings. The Labute approximate surface area is 103 Å². The lowest BCUT2D eigenvalue weighted by molar-refractivity contribution is -0.123. The van der Waals surface area contributed by atoms with Crippen LogP contribution in [-0.4, -0.2) is 30.0 Å². The molecule has 0 radical (unpaired) electrons. The van der Waals surface area contributed by atoms with Crippen molar-refractivity contribution in [2.45, 2.75) is 50.2 Å². The summed E-state index contributed by atoms with van der Waals surface area (Å²) in [6, 6.07) is 0. The van der Waals surface area contributed by atoms with Crippen molar-refractivity contribution in [2.75, 3.05) is 19.0 Å². The van der Waals surface area contributed by atoms with Gasteiger partial charge in [0.1, 0.15) is 5.78 Å². The second-order valence-corrected chi connectivity index (χ2v) is 6.21. The molecule has 2 fully saturated rings. The highest BCUT2D eigenvalue weighted by molar-refractivity contribution is 8.00. The molecule has 1 saturated heterocycles. The largest absolute Gasteiger partial charge is 0.381 e. The molecule has 3 heteroatoms. The van der Waals surface area contributed by atoms with Gasteiger partial charge >= 0.3 is 0 Å². The van der Waals surface area contributed by atoms with Gasteiger partial charge < -0.3 is 4.74 Å². The van der Waals surface area contributed by atoms with Crippen LogP contribution in [0.2, 0.25) is 0 Å². The summed E-state index contributed by atoms with van der Waals surface area (Å²) in [6.07, 6.45) is 8.67. The van der Waals surface area contributed by atoms with E-state index in [0.29, 0.717) is 11.7 Å². The summed E-state index contributed by atoms with van der Waals surface area (Å²) >= 11 is 1.91. The van der Waals surface area contributed by atoms with Gasteiger partial charge in [0.25, 0.3) is 0 Å². The minimum atomic E-state index is 0.296. The fourth-order valence-electron chi connectivity index (χ4n) is 2.57. The van der Waals surface area contributed by atoms with E-state index in [1.54, 1.807) is 0 Å². The number of carbonyl (C=O) groups excluding carboxylic acids is 1. The van der Waals surface area contributed by atoms with E-state index >= 15 is 0 Å². The average molecular weight is 242 g/mol. The fraction of sp³-hybridized carbons (Fsp3) is 0.923. The minimum absolute atomic E-state index is 0.296. The molecular formula is C13H22O2S. The van der Waals surface area contributed by atoms with E-state index in [4.69, 9.17) is 4.74 Å². The number of ketones is 1. The van der Waals surface area contributed by atoms with E-state index < -0.39 is 0 Å². The summed E-state index contributed by atoms with van der Waals surface area (Å²) in [7, 11) is 0. The first kappa shape index (κ1) is 12.4. The molecule has 0 spiro atoms. The highest BCUT2D eigenvalue weighted by Gasteiger charge is 2.23. The smallest absolute Gasteiger partial charge is 0.145 e. The first-order valence-corrected chi connectivity index (χ1v) is 7.63. The average Bonchev–Trinajstić information content (AvgIpc) is 2.38. The Bertz CT molecular complexity index is 218. The second-order valence-electron chi connectivity index (χ2n) is 4.92. The van der Waals surface area contributed by atoms with E-state index in [1.807, 2.05) is 11.8 Å². The van der Waals surface area contributed by atoms with E-state index in [2.05, 4.69) is 0 Å². The molecule has 0 amide bonds. The zero-order valence-electron chi connectivity index (χ0n) is 9.95. The van der Waals surface area contributed by atoms with Crippen molar-refractivity contribution in [1.82, 2.24) is 0 Å². The molecule has 92 valence electrons. The van der Waals surface area contributed by atoms with Crippen LogP contribution in [0.4, 0.5) is 0 Å². The van der Waals surface area contributed by atoms with Gasteiger partial charge in [-0.05, 0) is 25.7 Å². The van der Waals surface area contributed by atoms with Crippen LogP contribution in [0.5, 0.6) is 0 Å². The topological polar surface area (TPSA) is 26.3 Å². The van der Waals surface area contributed by atoms with Gasteiger partial charge in [0.15, 0.2) is 0 Å². The molecule has 0 aromatic rings. The van der Waals surface area contributed by atoms with Crippen LogP contribution in [0.1, 0.15) is 44.9 Å². The van der Waals surface area contributed by atoms with Gasteiger partial charge in [0, 0.05) is 24.4 Å². The summed E-state index contributed by atoms with van der Waals surface area (Å²) in [5.41, 5.74) is 0. The lowest BCUT2D eigenvalue weighted by Crippen LogP contribution is -2.25. The van der Waals surface area contributed by atoms with Crippen molar-refractivity contribution in [1.29, 1.82) is 0 Å². The number of rotatable bonds is 4. The Hall–Kier alpha value is -0.0200. The molecule has 2 nitrogen and oxygen atoms in total. The molecule has 2 rings (SSSR count). The van der Waals surface area contributed by atoms with Gasteiger partial charge in [-0.3, -0.25) is 4.79 Å². The summed E-state index contributed by atoms with van der Waals surface area (Å²) in [4.78, 5) is 12.0. The first-order valence-electron chi connectivity index (χ1n) is 6.58. The highest BCUT2D eigenvalue weighted by atomic mass is 32.2. The number of ether oxygens (including phenoxy) is 1. The third-order valence-electron chi connectivity index (χ3n) is 3.69. The second kappa shape index (κ2) is 6.65. The van der Waals surface area contributed by atoms with Crippen molar-refractivity contribution in [3.8, 4) is 0 Å². The predicted octanol–water partition coefficient (Wildman–Crippen LogP) is 3.05. The van der Waals surface area contributed by atoms with Crippen LogP contribution < -0.4 is 0 Å². The normalized spacial score (nSPS) is 24.5. The van der Waals surface area contributed by atoms with Crippen LogP contribution in [0, 0.1) is 5.92 Å². The van der Waals surface area contributed by atoms with Gasteiger partial charge in [0.2, 0.25) is 0 Å². The molecule has 1 aliphatic carbocycles. The van der Waals surface area contributed by atoms with E-state index in [9.17, 15) is 4.79 Å². The number of thioether (sulfide) groups is 1. The zero-order valence-corrected chi connectivity index (χ0v) is 10.8. The third-order valence-corrected chi connectivity index (χ3v) is 5.08. The van der Waals surface area contributed by atoms with Crippen LogP contribution in [0.3, 0.4) is 0 Å². The fourth-order valence-corrected chi connectivity index (χ4v) is 3.87. The maximum atomic E-state index is 12.0. The van der Waals surface area contributed by atoms with Crippen molar-refractivity contribution in [3.63, 3.8) is 0 Å². The molecule has 16 heavy (non-hydrogen) atoms. The zero-order chi connectivity index (χ0) is 11.2. The molecule has 0 aromatic carbocycles. The van der Waals surface area contributed by atoms with Gasteiger partial charge in [-0.2, -0.15) is 11.8 Å². The Kier molecular flexibility index (Phi) is 5.17. The van der Waals surface area contributed by atoms with Crippen molar-refractivity contribution in [3.05, 3.63) is 0 Å². The molecule has 0 bridgehead atoms. The lowest BCUT2D eigenvalue weighted by Gasteiger charge is -2.23. The molecule has 1 saturated carbocycles. The maximum absolute atomic E-state index is 12.0. The molecule has 1 heterocycles. The third kappa shape index (κ3) is 3.77. The Morgan fingerprint density at radius 1 is 1.06 bits per heavy atom. The Morgan fingerprint density at radius 3 is 2.44 bits per heavy atom. The van der Waals surface area contributed by atoms with Crippen LogP contribution in [-0.2, 0) is 9.53 Å². The first-order chi connectivity index (χ1) is 7.86. The number of carbonyl (C=O) groups is 1. The quantitative estimate of drug-likeness (QED) is 0.758. The number of Topliss-reactive ketones (excluding diaryl/α,β-unsaturated/α-hetero) is 1. The SMILES string of the molecule is O=C(CSC1CCCCC1)C1CCOCC1. The molecule has 0 aromatic heterocycles.